The number of hydrogen-bond acceptors (Lipinski definition) is 7. The van der Waals surface area contributed by atoms with Gasteiger partial charge in [-0.2, -0.15) is 10.2 Å². The molecule has 3 aromatic rings. The van der Waals surface area contributed by atoms with E-state index in [9.17, 15) is 19.2 Å². The lowest BCUT2D eigenvalue weighted by atomic mass is 9.92. The molecule has 1 aliphatic rings. The maximum Gasteiger partial charge on any atom is 0.280 e. The van der Waals surface area contributed by atoms with Crippen molar-refractivity contribution in [2.75, 3.05) is 12.0 Å². The second-order valence-electron chi connectivity index (χ2n) is 9.31. The predicted molar refractivity (Wildman–Crippen MR) is 143 cm³/mol. The number of methoxy groups -OCH3 is 1. The molecule has 1 saturated heterocycles. The fourth-order valence-electron chi connectivity index (χ4n) is 4.55. The van der Waals surface area contributed by atoms with Crippen LogP contribution in [0, 0.1) is 35.4 Å². The average Bonchev–Trinajstić information content (AvgIpc) is 3.14. The zero-order valence-electron chi connectivity index (χ0n) is 21.9. The fraction of sp³-hybridized carbons (Fsp3) is 0.259. The summed E-state index contributed by atoms with van der Waals surface area (Å²) in [6.07, 6.45) is 2.98. The number of nitriles is 1. The fourth-order valence-corrected chi connectivity index (χ4v) is 4.80. The van der Waals surface area contributed by atoms with Crippen molar-refractivity contribution < 1.29 is 19.2 Å². The molecule has 1 fully saturated rings. The lowest BCUT2D eigenvalue weighted by Gasteiger charge is -2.26. The molecule has 2 aromatic heterocycles. The molecule has 0 aliphatic carbocycles. The molecule has 0 radical (unpaired) electrons. The first-order chi connectivity index (χ1) is 18.5. The van der Waals surface area contributed by atoms with Crippen molar-refractivity contribution in [2.24, 2.45) is 13.0 Å². The van der Waals surface area contributed by atoms with Crippen LogP contribution in [0.2, 0.25) is 5.02 Å². The topological polar surface area (TPSA) is 142 Å². The Balaban J connectivity index is 2.03. The van der Waals surface area contributed by atoms with Gasteiger partial charge < -0.3 is 9.30 Å². The lowest BCUT2D eigenvalue weighted by Crippen LogP contribution is -2.77. The molecule has 200 valence electrons. The summed E-state index contributed by atoms with van der Waals surface area (Å²) < 4.78 is 21.5. The van der Waals surface area contributed by atoms with Crippen molar-refractivity contribution >= 4 is 34.6 Å². The number of allylic oxidation sites excluding steroid dienone is 1. The average molecular weight is 551 g/mol. The Kier molecular flexibility index (Phi) is 7.63. The van der Waals surface area contributed by atoms with Crippen LogP contribution in [0.5, 0.6) is 5.88 Å². The van der Waals surface area contributed by atoms with Crippen LogP contribution < -0.4 is 20.5 Å². The van der Waals surface area contributed by atoms with Gasteiger partial charge in [-0.25, -0.2) is 9.37 Å². The number of benzene rings is 1. The van der Waals surface area contributed by atoms with Crippen LogP contribution in [0.15, 0.2) is 52.7 Å². The van der Waals surface area contributed by atoms with Gasteiger partial charge in [0.1, 0.15) is 34.8 Å². The molecule has 1 unspecified atom stereocenters. The number of aromatic nitrogens is 3. The molecule has 12 heteroatoms. The molecule has 4 rings (SSSR count). The maximum atomic E-state index is 14.9. The van der Waals surface area contributed by atoms with E-state index in [4.69, 9.17) is 21.7 Å². The first-order valence-corrected chi connectivity index (χ1v) is 12.3. The van der Waals surface area contributed by atoms with Gasteiger partial charge in [-0.3, -0.25) is 25.2 Å². The van der Waals surface area contributed by atoms with Crippen LogP contribution in [0.1, 0.15) is 36.8 Å². The molecule has 1 aromatic carbocycles. The normalized spacial score (nSPS) is 16.6. The standard InChI is InChI=1S/C27H25ClFN7O3/c1-13(2)23(34-19-11-32-14(3)33-25(19)39-5)21-22(31)27(38)36(20-9-17(28)12-35(4)26(20)37)24(21)15-6-7-16(10-30)18(29)8-15/h6-9,11-13,24,31,34H,1-5H3/p+1/b23-21+,31-22?. The van der Waals surface area contributed by atoms with Gasteiger partial charge in [0.15, 0.2) is 0 Å². The largest absolute Gasteiger partial charge is 0.477 e. The van der Waals surface area contributed by atoms with Crippen LogP contribution in [-0.4, -0.2) is 33.3 Å². The summed E-state index contributed by atoms with van der Waals surface area (Å²) in [4.78, 5) is 36.6. The molecule has 3 N–H and O–H groups in total. The van der Waals surface area contributed by atoms with E-state index in [0.717, 1.165) is 11.0 Å². The zero-order valence-corrected chi connectivity index (χ0v) is 22.7. The van der Waals surface area contributed by atoms with Gasteiger partial charge in [0, 0.05) is 19.2 Å². The molecule has 0 bridgehead atoms. The minimum Gasteiger partial charge on any atom is -0.477 e. The highest BCUT2D eigenvalue weighted by molar-refractivity contribution is 6.52. The number of anilines is 1. The molecular formula is C27H26ClFN7O3+. The Bertz CT molecular complexity index is 1640. The second-order valence-corrected chi connectivity index (χ2v) is 9.75. The van der Waals surface area contributed by atoms with Crippen molar-refractivity contribution in [3.05, 3.63) is 86.1 Å². The molecule has 0 saturated carbocycles. The number of nitrogens with one attached hydrogen (secondary N) is 1. The number of pyridine rings is 1. The molecule has 10 nitrogen and oxygen atoms in total. The molecule has 0 spiro atoms. The number of carbonyl (C=O) groups is 1. The van der Waals surface area contributed by atoms with Crippen molar-refractivity contribution in [1.82, 2.24) is 14.5 Å². The molecule has 1 amide bonds. The summed E-state index contributed by atoms with van der Waals surface area (Å²) in [6, 6.07) is 6.02. The minimum absolute atomic E-state index is 0.0659. The SMILES string of the molecule is COc1nc(C)ncc1[NH2+]/C(=C1\C(=N)C(=O)N(c2cc(Cl)cn(C)c2=O)C1c1ccc(C#N)c(F)c1)C(C)C. The van der Waals surface area contributed by atoms with Crippen LogP contribution in [0.4, 0.5) is 15.8 Å². The van der Waals surface area contributed by atoms with Gasteiger partial charge in [0.05, 0.1) is 35.5 Å². The number of carbonyl (C=O) groups excluding carboxylic acids is 1. The van der Waals surface area contributed by atoms with Gasteiger partial charge in [0.2, 0.25) is 5.69 Å². The number of amides is 1. The molecule has 1 atom stereocenters. The summed E-state index contributed by atoms with van der Waals surface area (Å²) in [5, 5.41) is 20.1. The van der Waals surface area contributed by atoms with Gasteiger partial charge in [0.25, 0.3) is 17.3 Å². The molecule has 39 heavy (non-hydrogen) atoms. The number of quaternary nitrogens is 1. The zero-order chi connectivity index (χ0) is 28.6. The molecule has 3 heterocycles. The highest BCUT2D eigenvalue weighted by atomic mass is 35.5. The van der Waals surface area contributed by atoms with E-state index in [1.165, 1.54) is 43.1 Å². The van der Waals surface area contributed by atoms with E-state index in [0.29, 0.717) is 23.1 Å². The third kappa shape index (κ3) is 5.04. The third-order valence-corrected chi connectivity index (χ3v) is 6.60. The van der Waals surface area contributed by atoms with Gasteiger partial charge >= 0.3 is 0 Å². The summed E-state index contributed by atoms with van der Waals surface area (Å²) >= 11 is 6.25. The highest BCUT2D eigenvalue weighted by Gasteiger charge is 2.47. The number of hydrogen-bond donors (Lipinski definition) is 2. The van der Waals surface area contributed by atoms with Gasteiger partial charge in [-0.15, -0.1) is 0 Å². The number of aryl methyl sites for hydroxylation is 2. The van der Waals surface area contributed by atoms with Crippen molar-refractivity contribution in [3.8, 4) is 11.9 Å². The number of rotatable bonds is 6. The Hall–Kier alpha value is -4.40. The monoisotopic (exact) mass is 550 g/mol. The van der Waals surface area contributed by atoms with E-state index in [1.54, 1.807) is 24.5 Å². The Morgan fingerprint density at radius 3 is 2.64 bits per heavy atom. The van der Waals surface area contributed by atoms with E-state index in [-0.39, 0.29) is 39.0 Å². The number of nitrogens with zero attached hydrogens (tertiary/aromatic N) is 5. The molecular weight excluding hydrogens is 525 g/mol. The van der Waals surface area contributed by atoms with Crippen LogP contribution >= 0.6 is 11.6 Å². The summed E-state index contributed by atoms with van der Waals surface area (Å²) in [6.45, 7) is 5.49. The van der Waals surface area contributed by atoms with Crippen LogP contribution in [0.25, 0.3) is 0 Å². The third-order valence-electron chi connectivity index (χ3n) is 6.39. The number of ether oxygens (including phenoxy) is 1. The quantitative estimate of drug-likeness (QED) is 0.483. The Morgan fingerprint density at radius 1 is 1.31 bits per heavy atom. The van der Waals surface area contributed by atoms with E-state index in [2.05, 4.69) is 9.97 Å². The maximum absolute atomic E-state index is 14.9. The number of halogens is 2. The minimum atomic E-state index is -1.07. The second kappa shape index (κ2) is 10.8. The van der Waals surface area contributed by atoms with Crippen molar-refractivity contribution in [2.45, 2.75) is 26.8 Å². The van der Waals surface area contributed by atoms with E-state index >= 15 is 0 Å². The van der Waals surface area contributed by atoms with E-state index in [1.807, 2.05) is 13.8 Å². The van der Waals surface area contributed by atoms with Crippen molar-refractivity contribution in [3.63, 3.8) is 0 Å². The Morgan fingerprint density at radius 2 is 2.03 bits per heavy atom. The summed E-state index contributed by atoms with van der Waals surface area (Å²) in [5.74, 6) is -0.966. The summed E-state index contributed by atoms with van der Waals surface area (Å²) in [5.41, 5.74) is 0.497. The van der Waals surface area contributed by atoms with Crippen LogP contribution in [-0.2, 0) is 11.8 Å². The van der Waals surface area contributed by atoms with Gasteiger partial charge in [-0.05, 0) is 30.7 Å². The smallest absolute Gasteiger partial charge is 0.280 e. The van der Waals surface area contributed by atoms with Crippen molar-refractivity contribution in [1.29, 1.82) is 10.7 Å². The van der Waals surface area contributed by atoms with Gasteiger partial charge in [-0.1, -0.05) is 31.5 Å². The first kappa shape index (κ1) is 27.6. The van der Waals surface area contributed by atoms with Crippen LogP contribution in [0.3, 0.4) is 0 Å². The number of nitrogens with two attached hydrogens (primary N) is 1. The predicted octanol–water partition coefficient (Wildman–Crippen LogP) is 3.07. The first-order valence-electron chi connectivity index (χ1n) is 11.9. The Labute approximate surface area is 228 Å². The lowest BCUT2D eigenvalue weighted by molar-refractivity contribution is -0.526. The summed E-state index contributed by atoms with van der Waals surface area (Å²) in [7, 11) is 2.97. The highest BCUT2D eigenvalue weighted by Crippen LogP contribution is 2.41. The van der Waals surface area contributed by atoms with E-state index < -0.39 is 23.3 Å². The molecule has 1 aliphatic heterocycles.